The van der Waals surface area contributed by atoms with Crippen LogP contribution in [0.4, 0.5) is 0 Å². The summed E-state index contributed by atoms with van der Waals surface area (Å²) in [5, 5.41) is 12.0. The first-order valence-electron chi connectivity index (χ1n) is 10.5. The molecule has 1 amide bonds. The number of amides is 1. The van der Waals surface area contributed by atoms with Gasteiger partial charge in [-0.2, -0.15) is 5.26 Å². The molecule has 34 heavy (non-hydrogen) atoms. The van der Waals surface area contributed by atoms with Crippen LogP contribution < -0.4 is 10.1 Å². The number of nitrogens with zero attached hydrogens (tertiary/aromatic N) is 1. The lowest BCUT2D eigenvalue weighted by atomic mass is 10.0. The highest BCUT2D eigenvalue weighted by molar-refractivity contribution is 6.01. The Bertz CT molecular complexity index is 1330. The fourth-order valence-electron chi connectivity index (χ4n) is 3.22. The molecule has 0 spiro atoms. The van der Waals surface area contributed by atoms with Gasteiger partial charge < -0.3 is 14.5 Å². The molecule has 1 N–H and O–H groups in total. The normalized spacial score (nSPS) is 10.9. The molecule has 6 heteroatoms. The van der Waals surface area contributed by atoms with Gasteiger partial charge in [-0.3, -0.25) is 4.79 Å². The third-order valence-corrected chi connectivity index (χ3v) is 5.00. The van der Waals surface area contributed by atoms with Crippen LogP contribution >= 0.6 is 0 Å². The Morgan fingerprint density at radius 2 is 1.59 bits per heavy atom. The highest BCUT2D eigenvalue weighted by Crippen LogP contribution is 2.21. The van der Waals surface area contributed by atoms with Gasteiger partial charge in [0.25, 0.3) is 5.91 Å². The van der Waals surface area contributed by atoms with Crippen LogP contribution in [0.3, 0.4) is 0 Å². The summed E-state index contributed by atoms with van der Waals surface area (Å²) >= 11 is 0. The van der Waals surface area contributed by atoms with Crippen molar-refractivity contribution >= 4 is 18.0 Å². The number of rotatable bonds is 7. The van der Waals surface area contributed by atoms with E-state index in [0.29, 0.717) is 22.6 Å². The highest BCUT2D eigenvalue weighted by atomic mass is 16.5. The zero-order valence-corrected chi connectivity index (χ0v) is 18.1. The number of carbonyl (C=O) groups is 2. The van der Waals surface area contributed by atoms with Gasteiger partial charge >= 0.3 is 5.97 Å². The van der Waals surface area contributed by atoms with E-state index >= 15 is 0 Å². The minimum absolute atomic E-state index is 0.0465. The van der Waals surface area contributed by atoms with E-state index in [0.717, 1.165) is 11.1 Å². The van der Waals surface area contributed by atoms with Gasteiger partial charge in [-0.1, -0.05) is 54.6 Å². The predicted molar refractivity (Wildman–Crippen MR) is 127 cm³/mol. The minimum atomic E-state index is -0.506. The molecule has 1 heterocycles. The topological polar surface area (TPSA) is 92.3 Å². The van der Waals surface area contributed by atoms with Crippen molar-refractivity contribution in [1.82, 2.24) is 5.32 Å². The van der Waals surface area contributed by atoms with Crippen molar-refractivity contribution in [3.63, 3.8) is 0 Å². The number of ether oxygens (including phenoxy) is 1. The van der Waals surface area contributed by atoms with Gasteiger partial charge in [0, 0.05) is 0 Å². The Balaban J connectivity index is 1.37. The van der Waals surface area contributed by atoms with Crippen LogP contribution in [0.1, 0.15) is 21.7 Å². The van der Waals surface area contributed by atoms with Gasteiger partial charge in [-0.05, 0) is 59.2 Å². The molecule has 3 aromatic carbocycles. The van der Waals surface area contributed by atoms with Gasteiger partial charge in [0.15, 0.2) is 0 Å². The zero-order valence-electron chi connectivity index (χ0n) is 18.1. The fraction of sp³-hybridized carbons (Fsp3) is 0.0357. The lowest BCUT2D eigenvalue weighted by Gasteiger charge is -2.06. The summed E-state index contributed by atoms with van der Waals surface area (Å²) in [6, 6.07) is 29.0. The second-order valence-corrected chi connectivity index (χ2v) is 7.33. The van der Waals surface area contributed by atoms with Crippen LogP contribution in [-0.4, -0.2) is 11.9 Å². The lowest BCUT2D eigenvalue weighted by Crippen LogP contribution is -2.23. The lowest BCUT2D eigenvalue weighted by molar-refractivity contribution is -0.117. The number of hydrogen-bond donors (Lipinski definition) is 1. The smallest absolute Gasteiger partial charge is 0.343 e. The monoisotopic (exact) mass is 448 g/mol. The molecule has 0 aliphatic heterocycles. The second kappa shape index (κ2) is 10.6. The molecule has 0 aliphatic carbocycles. The fourth-order valence-corrected chi connectivity index (χ4v) is 3.22. The molecule has 0 atom stereocenters. The Hall–Kier alpha value is -4.89. The van der Waals surface area contributed by atoms with E-state index in [-0.39, 0.29) is 12.1 Å². The largest absolute Gasteiger partial charge is 0.467 e. The van der Waals surface area contributed by atoms with E-state index in [9.17, 15) is 14.9 Å². The first-order chi connectivity index (χ1) is 16.6. The van der Waals surface area contributed by atoms with Crippen LogP contribution in [0.25, 0.3) is 17.2 Å². The Morgan fingerprint density at radius 3 is 2.24 bits per heavy atom. The average Bonchev–Trinajstić information content (AvgIpc) is 3.41. The number of carbonyl (C=O) groups excluding carboxylic acids is 2. The highest BCUT2D eigenvalue weighted by Gasteiger charge is 2.11. The van der Waals surface area contributed by atoms with E-state index in [1.807, 2.05) is 48.5 Å². The summed E-state index contributed by atoms with van der Waals surface area (Å²) in [4.78, 5) is 24.7. The van der Waals surface area contributed by atoms with Crippen LogP contribution in [0.2, 0.25) is 0 Å². The molecule has 0 saturated heterocycles. The molecule has 6 nitrogen and oxygen atoms in total. The third kappa shape index (κ3) is 5.67. The summed E-state index contributed by atoms with van der Waals surface area (Å²) in [5.74, 6) is -0.0344. The molecule has 0 radical (unpaired) electrons. The van der Waals surface area contributed by atoms with Crippen LogP contribution in [0.15, 0.2) is 107 Å². The van der Waals surface area contributed by atoms with Crippen molar-refractivity contribution in [1.29, 1.82) is 5.26 Å². The third-order valence-electron chi connectivity index (χ3n) is 5.00. The Kier molecular flexibility index (Phi) is 6.97. The molecule has 0 aliphatic rings. The van der Waals surface area contributed by atoms with Crippen molar-refractivity contribution < 1.29 is 18.7 Å². The summed E-state index contributed by atoms with van der Waals surface area (Å²) in [6.45, 7) is 0.187. The summed E-state index contributed by atoms with van der Waals surface area (Å²) in [6.07, 6.45) is 2.97. The summed E-state index contributed by atoms with van der Waals surface area (Å²) in [7, 11) is 0. The first-order valence-corrected chi connectivity index (χ1v) is 10.5. The maximum absolute atomic E-state index is 12.5. The summed E-state index contributed by atoms with van der Waals surface area (Å²) in [5.41, 5.74) is 3.09. The number of esters is 1. The SMILES string of the molecule is N#C/C(=C\c1ccc(OC(=O)c2ccc(-c3ccccc3)cc2)cc1)C(=O)NCc1ccco1. The molecule has 1 aromatic heterocycles. The average molecular weight is 448 g/mol. The van der Waals surface area contributed by atoms with Gasteiger partial charge in [0.2, 0.25) is 0 Å². The van der Waals surface area contributed by atoms with E-state index in [2.05, 4.69) is 5.32 Å². The minimum Gasteiger partial charge on any atom is -0.467 e. The van der Waals surface area contributed by atoms with E-state index < -0.39 is 11.9 Å². The maximum atomic E-state index is 12.5. The number of nitriles is 1. The first kappa shape index (κ1) is 22.3. The summed E-state index contributed by atoms with van der Waals surface area (Å²) < 4.78 is 10.6. The van der Waals surface area contributed by atoms with E-state index in [4.69, 9.17) is 9.15 Å². The van der Waals surface area contributed by atoms with Crippen molar-refractivity contribution in [2.75, 3.05) is 0 Å². The van der Waals surface area contributed by atoms with Crippen molar-refractivity contribution in [3.8, 4) is 22.9 Å². The van der Waals surface area contributed by atoms with Gasteiger partial charge in [0.05, 0.1) is 18.4 Å². The van der Waals surface area contributed by atoms with Crippen molar-refractivity contribution in [2.45, 2.75) is 6.54 Å². The predicted octanol–water partition coefficient (Wildman–Crippen LogP) is 5.39. The molecular weight excluding hydrogens is 428 g/mol. The molecule has 4 rings (SSSR count). The number of hydrogen-bond acceptors (Lipinski definition) is 5. The molecule has 4 aromatic rings. The zero-order chi connectivity index (χ0) is 23.8. The molecular formula is C28H20N2O4. The standard InChI is InChI=1S/C28H20N2O4/c29-18-24(27(31)30-19-26-7-4-16-33-26)17-20-8-14-25(15-9-20)34-28(32)23-12-10-22(11-13-23)21-5-2-1-3-6-21/h1-17H,19H2,(H,30,31)/b24-17+. The number of nitrogens with one attached hydrogen (secondary N) is 1. The quantitative estimate of drug-likeness (QED) is 0.177. The number of furan rings is 1. The van der Waals surface area contributed by atoms with Crippen LogP contribution in [-0.2, 0) is 11.3 Å². The molecule has 0 fully saturated rings. The van der Waals surface area contributed by atoms with Gasteiger partial charge in [-0.25, -0.2) is 4.79 Å². The van der Waals surface area contributed by atoms with Crippen LogP contribution in [0, 0.1) is 11.3 Å². The van der Waals surface area contributed by atoms with E-state index in [1.54, 1.807) is 48.5 Å². The molecule has 0 unspecified atom stereocenters. The Labute approximate surface area is 196 Å². The Morgan fingerprint density at radius 1 is 0.882 bits per heavy atom. The van der Waals surface area contributed by atoms with Gasteiger partial charge in [-0.15, -0.1) is 0 Å². The molecule has 0 saturated carbocycles. The molecule has 166 valence electrons. The molecule has 0 bridgehead atoms. The van der Waals surface area contributed by atoms with Crippen molar-refractivity contribution in [3.05, 3.63) is 120 Å². The maximum Gasteiger partial charge on any atom is 0.343 e. The van der Waals surface area contributed by atoms with E-state index in [1.165, 1.54) is 12.3 Å². The number of benzene rings is 3. The van der Waals surface area contributed by atoms with Crippen molar-refractivity contribution in [2.24, 2.45) is 0 Å². The van der Waals surface area contributed by atoms with Crippen LogP contribution in [0.5, 0.6) is 5.75 Å². The van der Waals surface area contributed by atoms with Gasteiger partial charge in [0.1, 0.15) is 23.2 Å². The second-order valence-electron chi connectivity index (χ2n) is 7.33.